The Balaban J connectivity index is 2.33. The molecule has 0 saturated heterocycles. The Labute approximate surface area is 121 Å². The number of nitrogens with zero attached hydrogens (tertiary/aromatic N) is 2. The van der Waals surface area contributed by atoms with Crippen molar-refractivity contribution in [3.05, 3.63) is 42.2 Å². The van der Waals surface area contributed by atoms with Gasteiger partial charge in [0.15, 0.2) is 0 Å². The molecule has 0 bridgehead atoms. The normalized spacial score (nSPS) is 11.4. The molecule has 21 heavy (non-hydrogen) atoms. The lowest BCUT2D eigenvalue weighted by molar-refractivity contribution is 0.451. The number of fused-ring (bicyclic) bond motifs is 1. The Morgan fingerprint density at radius 1 is 1.10 bits per heavy atom. The van der Waals surface area contributed by atoms with Crippen LogP contribution in [0.3, 0.4) is 0 Å². The average Bonchev–Trinajstić information content (AvgIpc) is 2.76. The molecule has 0 aliphatic carbocycles. The lowest BCUT2D eigenvalue weighted by Gasteiger charge is -2.14. The third kappa shape index (κ3) is 2.20. The number of aromatic hydroxyl groups is 2. The van der Waals surface area contributed by atoms with E-state index in [9.17, 15) is 14.6 Å². The highest BCUT2D eigenvalue weighted by Crippen LogP contribution is 2.35. The van der Waals surface area contributed by atoms with Crippen molar-refractivity contribution in [3.8, 4) is 22.9 Å². The number of phenols is 2. The first kappa shape index (κ1) is 13.4. The van der Waals surface area contributed by atoms with E-state index < -0.39 is 0 Å². The van der Waals surface area contributed by atoms with Crippen molar-refractivity contribution < 1.29 is 14.6 Å². The van der Waals surface area contributed by atoms with E-state index in [1.165, 1.54) is 24.3 Å². The molecule has 0 atom stereocenters. The van der Waals surface area contributed by atoms with Crippen LogP contribution in [0.25, 0.3) is 22.4 Å². The zero-order chi connectivity index (χ0) is 15.1. The van der Waals surface area contributed by atoms with Crippen LogP contribution in [0.1, 0.15) is 19.9 Å². The molecule has 3 aromatic rings. The molecule has 1 aromatic heterocycles. The van der Waals surface area contributed by atoms with E-state index >= 15 is 0 Å². The summed E-state index contributed by atoms with van der Waals surface area (Å²) in [6, 6.07) is 8.88. The number of halogens is 1. The molecule has 1 heterocycles. The van der Waals surface area contributed by atoms with Gasteiger partial charge in [0, 0.05) is 18.2 Å². The van der Waals surface area contributed by atoms with Gasteiger partial charge < -0.3 is 14.8 Å². The molecule has 3 rings (SSSR count). The van der Waals surface area contributed by atoms with Gasteiger partial charge in [0.25, 0.3) is 0 Å². The molecule has 4 nitrogen and oxygen atoms in total. The zero-order valence-electron chi connectivity index (χ0n) is 11.7. The molecule has 0 saturated carbocycles. The molecular formula is C16H15FN2O2. The molecule has 0 aliphatic heterocycles. The molecule has 0 spiro atoms. The van der Waals surface area contributed by atoms with Crippen LogP contribution in [0.4, 0.5) is 4.39 Å². The maximum Gasteiger partial charge on any atom is 0.145 e. The van der Waals surface area contributed by atoms with Gasteiger partial charge >= 0.3 is 0 Å². The summed E-state index contributed by atoms with van der Waals surface area (Å²) >= 11 is 0. The van der Waals surface area contributed by atoms with Crippen molar-refractivity contribution in [1.29, 1.82) is 0 Å². The first-order valence-electron chi connectivity index (χ1n) is 6.67. The maximum atomic E-state index is 13.4. The van der Waals surface area contributed by atoms with E-state index in [-0.39, 0.29) is 23.4 Å². The third-order valence-electron chi connectivity index (χ3n) is 3.39. The van der Waals surface area contributed by atoms with Crippen LogP contribution >= 0.6 is 0 Å². The Morgan fingerprint density at radius 3 is 2.52 bits per heavy atom. The number of hydrogen-bond acceptors (Lipinski definition) is 3. The van der Waals surface area contributed by atoms with E-state index in [1.807, 2.05) is 18.4 Å². The summed E-state index contributed by atoms with van der Waals surface area (Å²) < 4.78 is 15.3. The minimum Gasteiger partial charge on any atom is -0.508 e. The van der Waals surface area contributed by atoms with Gasteiger partial charge in [0.1, 0.15) is 23.1 Å². The fraction of sp³-hybridized carbons (Fsp3) is 0.188. The summed E-state index contributed by atoms with van der Waals surface area (Å²) in [5.74, 6) is 0.114. The number of hydrogen-bond donors (Lipinski definition) is 2. The second-order valence-electron chi connectivity index (χ2n) is 5.23. The Morgan fingerprint density at radius 2 is 1.86 bits per heavy atom. The standard InChI is InChI=1S/C16H15FN2O2/c1-9(2)19-14-6-3-10(17)7-13(14)18-16(19)12-5-4-11(20)8-15(12)21/h3-9,20-21H,1-2H3. The highest BCUT2D eigenvalue weighted by Gasteiger charge is 2.18. The van der Waals surface area contributed by atoms with Crippen molar-refractivity contribution in [2.75, 3.05) is 0 Å². The van der Waals surface area contributed by atoms with Gasteiger partial charge in [-0.1, -0.05) is 0 Å². The largest absolute Gasteiger partial charge is 0.508 e. The van der Waals surface area contributed by atoms with Gasteiger partial charge in [-0.15, -0.1) is 0 Å². The van der Waals surface area contributed by atoms with Gasteiger partial charge in [0.05, 0.1) is 16.6 Å². The first-order valence-corrected chi connectivity index (χ1v) is 6.67. The van der Waals surface area contributed by atoms with Crippen LogP contribution in [0.5, 0.6) is 11.5 Å². The lowest BCUT2D eigenvalue weighted by atomic mass is 10.1. The summed E-state index contributed by atoms with van der Waals surface area (Å²) in [4.78, 5) is 4.44. The summed E-state index contributed by atoms with van der Waals surface area (Å²) in [6.45, 7) is 3.98. The van der Waals surface area contributed by atoms with Crippen LogP contribution < -0.4 is 0 Å². The second kappa shape index (κ2) is 4.77. The molecular weight excluding hydrogens is 271 g/mol. The fourth-order valence-corrected chi connectivity index (χ4v) is 2.49. The molecule has 0 fully saturated rings. The molecule has 0 amide bonds. The SMILES string of the molecule is CC(C)n1c(-c2ccc(O)cc2O)nc2cc(F)ccc21. The smallest absolute Gasteiger partial charge is 0.145 e. The van der Waals surface area contributed by atoms with Crippen molar-refractivity contribution >= 4 is 11.0 Å². The number of benzene rings is 2. The summed E-state index contributed by atoms with van der Waals surface area (Å²) in [6.07, 6.45) is 0. The average molecular weight is 286 g/mol. The molecule has 108 valence electrons. The van der Waals surface area contributed by atoms with Crippen molar-refractivity contribution in [2.45, 2.75) is 19.9 Å². The molecule has 0 radical (unpaired) electrons. The number of phenolic OH excluding ortho intramolecular Hbond substituents is 2. The Hall–Kier alpha value is -2.56. The fourth-order valence-electron chi connectivity index (χ4n) is 2.49. The summed E-state index contributed by atoms with van der Waals surface area (Å²) in [5.41, 5.74) is 1.83. The number of rotatable bonds is 2. The van der Waals surface area contributed by atoms with Crippen molar-refractivity contribution in [2.24, 2.45) is 0 Å². The number of aromatic nitrogens is 2. The van der Waals surface area contributed by atoms with Crippen LogP contribution in [-0.2, 0) is 0 Å². The van der Waals surface area contributed by atoms with Crippen LogP contribution in [0.15, 0.2) is 36.4 Å². The van der Waals surface area contributed by atoms with E-state index in [0.717, 1.165) is 5.52 Å². The van der Waals surface area contributed by atoms with Crippen LogP contribution in [0, 0.1) is 5.82 Å². The van der Waals surface area contributed by atoms with Crippen LogP contribution in [0.2, 0.25) is 0 Å². The van der Waals surface area contributed by atoms with Crippen molar-refractivity contribution in [1.82, 2.24) is 9.55 Å². The summed E-state index contributed by atoms with van der Waals surface area (Å²) in [5, 5.41) is 19.4. The van der Waals surface area contributed by atoms with Gasteiger partial charge in [-0.2, -0.15) is 0 Å². The minimum absolute atomic E-state index is 0.0190. The Bertz CT molecular complexity index is 825. The van der Waals surface area contributed by atoms with Gasteiger partial charge in [-0.05, 0) is 38.1 Å². The van der Waals surface area contributed by atoms with Crippen molar-refractivity contribution in [3.63, 3.8) is 0 Å². The van der Waals surface area contributed by atoms with E-state index in [2.05, 4.69) is 4.98 Å². The monoisotopic (exact) mass is 286 g/mol. The first-order chi connectivity index (χ1) is 9.97. The predicted octanol–water partition coefficient (Wildman–Crippen LogP) is 3.83. The molecule has 5 heteroatoms. The van der Waals surface area contributed by atoms with Gasteiger partial charge in [0.2, 0.25) is 0 Å². The molecule has 0 aliphatic rings. The van der Waals surface area contributed by atoms with E-state index in [4.69, 9.17) is 0 Å². The lowest BCUT2D eigenvalue weighted by Crippen LogP contribution is -2.03. The van der Waals surface area contributed by atoms with E-state index in [1.54, 1.807) is 12.1 Å². The van der Waals surface area contributed by atoms with Gasteiger partial charge in [-0.25, -0.2) is 9.37 Å². The number of imidazole rings is 1. The Kier molecular flexibility index (Phi) is 3.05. The highest BCUT2D eigenvalue weighted by molar-refractivity contribution is 5.82. The van der Waals surface area contributed by atoms with E-state index in [0.29, 0.717) is 16.9 Å². The summed E-state index contributed by atoms with van der Waals surface area (Å²) in [7, 11) is 0. The highest BCUT2D eigenvalue weighted by atomic mass is 19.1. The molecule has 2 aromatic carbocycles. The maximum absolute atomic E-state index is 13.4. The molecule has 0 unspecified atom stereocenters. The van der Waals surface area contributed by atoms with Crippen LogP contribution in [-0.4, -0.2) is 19.8 Å². The third-order valence-corrected chi connectivity index (χ3v) is 3.39. The quantitative estimate of drug-likeness (QED) is 0.752. The van der Waals surface area contributed by atoms with Gasteiger partial charge in [-0.3, -0.25) is 0 Å². The second-order valence-corrected chi connectivity index (χ2v) is 5.23. The topological polar surface area (TPSA) is 58.3 Å². The minimum atomic E-state index is -0.350. The molecule has 2 N–H and O–H groups in total. The predicted molar refractivity (Wildman–Crippen MR) is 78.8 cm³/mol. The zero-order valence-corrected chi connectivity index (χ0v) is 11.7.